The minimum Gasteiger partial charge on any atom is -1.00 e. The summed E-state index contributed by atoms with van der Waals surface area (Å²) < 4.78 is 2.17. The molecule has 1 heterocycles. The van der Waals surface area contributed by atoms with Crippen molar-refractivity contribution in [3.8, 4) is 0 Å². The maximum Gasteiger partial charge on any atom is 0.168 e. The summed E-state index contributed by atoms with van der Waals surface area (Å²) in [6.45, 7) is 4.60. The van der Waals surface area contributed by atoms with Crippen LogP contribution in [0.4, 0.5) is 0 Å². The fourth-order valence-electron chi connectivity index (χ4n) is 6.54. The maximum atomic E-state index is 2.45. The fraction of sp³-hybridized carbons (Fsp3) is 0.791. The lowest BCUT2D eigenvalue weighted by Gasteiger charge is -2.17. The second kappa shape index (κ2) is 35.8. The predicted octanol–water partition coefficient (Wildman–Crippen LogP) is 11.5. The van der Waals surface area contributed by atoms with E-state index in [0.717, 1.165) is 5.92 Å². The number of allylic oxidation sites excluding steroid dienone is 4. The van der Waals surface area contributed by atoms with Gasteiger partial charge in [-0.05, 0) is 75.7 Å². The molecule has 0 N–H and O–H groups in total. The van der Waals surface area contributed by atoms with Gasteiger partial charge in [0.25, 0.3) is 0 Å². The fourth-order valence-corrected chi connectivity index (χ4v) is 6.54. The topological polar surface area (TPSA) is 3.88 Å². The van der Waals surface area contributed by atoms with Gasteiger partial charge in [-0.2, -0.15) is 0 Å². The molecule has 0 atom stereocenters. The third-order valence-corrected chi connectivity index (χ3v) is 9.60. The van der Waals surface area contributed by atoms with Crippen LogP contribution in [0.2, 0.25) is 0 Å². The Balaban J connectivity index is 0.0000194. The number of unbranched alkanes of at least 4 members (excludes halogenated alkanes) is 24. The lowest BCUT2D eigenvalue weighted by Crippen LogP contribution is -3.00. The lowest BCUT2D eigenvalue weighted by atomic mass is 9.88. The molecule has 262 valence electrons. The van der Waals surface area contributed by atoms with E-state index < -0.39 is 0 Å². The molecule has 1 aromatic rings. The molecule has 1 rings (SSSR count). The molecule has 1 nitrogen and oxygen atoms in total. The van der Waals surface area contributed by atoms with E-state index in [0.29, 0.717) is 0 Å². The first kappa shape index (κ1) is 43.9. The zero-order valence-corrected chi connectivity index (χ0v) is 31.5. The van der Waals surface area contributed by atoms with Gasteiger partial charge in [-0.1, -0.05) is 167 Å². The van der Waals surface area contributed by atoms with Gasteiger partial charge in [0, 0.05) is 12.1 Å². The van der Waals surface area contributed by atoms with Crippen molar-refractivity contribution in [3.63, 3.8) is 0 Å². The molecule has 1 aromatic heterocycles. The van der Waals surface area contributed by atoms with Gasteiger partial charge >= 0.3 is 0 Å². The Bertz CT molecular complexity index is 710. The number of hydrogen-bond donors (Lipinski definition) is 0. The highest BCUT2D eigenvalue weighted by Gasteiger charge is 2.12. The van der Waals surface area contributed by atoms with Crippen LogP contribution in [0.1, 0.15) is 218 Å². The third kappa shape index (κ3) is 30.0. The van der Waals surface area contributed by atoms with E-state index in [2.05, 4.69) is 74.3 Å². The van der Waals surface area contributed by atoms with E-state index in [1.807, 2.05) is 0 Å². The first-order chi connectivity index (χ1) is 21.8. The van der Waals surface area contributed by atoms with Crippen LogP contribution in [0.25, 0.3) is 0 Å². The lowest BCUT2D eigenvalue weighted by molar-refractivity contribution is -0.671. The summed E-state index contributed by atoms with van der Waals surface area (Å²) in [6, 6.07) is 4.76. The summed E-state index contributed by atoms with van der Waals surface area (Å²) >= 11 is 0. The van der Waals surface area contributed by atoms with Crippen molar-refractivity contribution in [2.45, 2.75) is 212 Å². The van der Waals surface area contributed by atoms with Crippen LogP contribution >= 0.6 is 0 Å². The maximum absolute atomic E-state index is 2.45. The summed E-state index contributed by atoms with van der Waals surface area (Å²) in [6.07, 6.45) is 56.0. The minimum atomic E-state index is 0. The van der Waals surface area contributed by atoms with Crippen LogP contribution < -0.4 is 17.0 Å². The Morgan fingerprint density at radius 1 is 0.444 bits per heavy atom. The van der Waals surface area contributed by atoms with Crippen molar-refractivity contribution < 1.29 is 17.0 Å². The largest absolute Gasteiger partial charge is 1.00 e. The molecule has 0 spiro atoms. The van der Waals surface area contributed by atoms with Crippen LogP contribution in [0.3, 0.4) is 0 Å². The number of hydrogen-bond acceptors (Lipinski definition) is 0. The molecule has 0 aliphatic rings. The van der Waals surface area contributed by atoms with Crippen LogP contribution in [0.15, 0.2) is 48.8 Å². The van der Waals surface area contributed by atoms with E-state index in [1.165, 1.54) is 193 Å². The van der Waals surface area contributed by atoms with Crippen LogP contribution in [-0.4, -0.2) is 0 Å². The van der Waals surface area contributed by atoms with E-state index in [1.54, 1.807) is 5.56 Å². The summed E-state index contributed by atoms with van der Waals surface area (Å²) in [5.41, 5.74) is 1.57. The zero-order valence-electron chi connectivity index (χ0n) is 30.7. The molecule has 0 aliphatic heterocycles. The van der Waals surface area contributed by atoms with Gasteiger partial charge in [-0.3, -0.25) is 0 Å². The summed E-state index contributed by atoms with van der Waals surface area (Å²) in [5.74, 6) is 0.754. The normalized spacial score (nSPS) is 11.7. The van der Waals surface area contributed by atoms with Crippen molar-refractivity contribution in [2.75, 3.05) is 0 Å². The minimum absolute atomic E-state index is 0. The highest BCUT2D eigenvalue weighted by atomic mass is 35.5. The first-order valence-corrected chi connectivity index (χ1v) is 20.0. The Morgan fingerprint density at radius 3 is 1.07 bits per heavy atom. The summed E-state index contributed by atoms with van der Waals surface area (Å²) in [5, 5.41) is 0. The molecule has 45 heavy (non-hydrogen) atoms. The van der Waals surface area contributed by atoms with E-state index in [-0.39, 0.29) is 12.4 Å². The van der Waals surface area contributed by atoms with Gasteiger partial charge < -0.3 is 12.4 Å². The molecule has 0 unspecified atom stereocenters. The van der Waals surface area contributed by atoms with Crippen LogP contribution in [0.5, 0.6) is 0 Å². The van der Waals surface area contributed by atoms with Crippen molar-refractivity contribution in [3.05, 3.63) is 54.4 Å². The Labute approximate surface area is 290 Å². The molecule has 0 amide bonds. The number of halogens is 1. The highest BCUT2D eigenvalue weighted by molar-refractivity contribution is 5.13. The predicted molar refractivity (Wildman–Crippen MR) is 198 cm³/mol. The quantitative estimate of drug-likeness (QED) is 0.0407. The van der Waals surface area contributed by atoms with E-state index in [9.17, 15) is 0 Å². The molecular formula is C43H78ClN. The van der Waals surface area contributed by atoms with Crippen molar-refractivity contribution in [2.24, 2.45) is 7.05 Å². The molecule has 0 bridgehead atoms. The summed E-state index contributed by atoms with van der Waals surface area (Å²) in [4.78, 5) is 0. The second-order valence-electron chi connectivity index (χ2n) is 13.9. The SMILES string of the molecule is CCCCCCCC/C=C\CCCCCCCCC(CCCCCCCC/C=C\CCCCCCCC)c1cc[n+](C)cc1.[Cl-]. The number of aromatic nitrogens is 1. The van der Waals surface area contributed by atoms with Crippen molar-refractivity contribution in [1.82, 2.24) is 0 Å². The molecule has 2 heteroatoms. The van der Waals surface area contributed by atoms with Gasteiger partial charge in [0.15, 0.2) is 12.4 Å². The summed E-state index contributed by atoms with van der Waals surface area (Å²) in [7, 11) is 2.13. The van der Waals surface area contributed by atoms with Crippen LogP contribution in [0, 0.1) is 0 Å². The molecular weight excluding hydrogens is 566 g/mol. The number of pyridine rings is 1. The zero-order chi connectivity index (χ0) is 31.6. The second-order valence-corrected chi connectivity index (χ2v) is 13.9. The van der Waals surface area contributed by atoms with Gasteiger partial charge in [0.2, 0.25) is 0 Å². The van der Waals surface area contributed by atoms with Crippen LogP contribution in [-0.2, 0) is 7.05 Å². The molecule has 0 aliphatic carbocycles. The molecule has 0 saturated carbocycles. The van der Waals surface area contributed by atoms with E-state index >= 15 is 0 Å². The average molecular weight is 645 g/mol. The highest BCUT2D eigenvalue weighted by Crippen LogP contribution is 2.28. The van der Waals surface area contributed by atoms with Gasteiger partial charge in [0.1, 0.15) is 7.05 Å². The van der Waals surface area contributed by atoms with E-state index in [4.69, 9.17) is 0 Å². The Hall–Kier alpha value is -1.08. The number of rotatable bonds is 33. The van der Waals surface area contributed by atoms with Crippen molar-refractivity contribution >= 4 is 0 Å². The van der Waals surface area contributed by atoms with Gasteiger partial charge in [0.05, 0.1) is 0 Å². The number of nitrogens with zero attached hydrogens (tertiary/aromatic N) is 1. The number of aryl methyl sites for hydroxylation is 1. The van der Waals surface area contributed by atoms with Gasteiger partial charge in [-0.25, -0.2) is 4.57 Å². The standard InChI is InChI=1S/C43H78N.ClH/c1-4-6-8-10-12-14-16-18-20-22-24-26-28-30-32-34-36-42(43-38-40-44(3)41-39-43)37-35-33-31-29-27-25-23-21-19-17-15-13-11-9-7-5-2;/h18-21,38-42H,4-17,22-37H2,1-3H3;1H/q+1;/p-1/b20-18-,21-19-;. The average Bonchev–Trinajstić information content (AvgIpc) is 3.03. The molecule has 0 fully saturated rings. The van der Waals surface area contributed by atoms with Crippen molar-refractivity contribution in [1.29, 1.82) is 0 Å². The smallest absolute Gasteiger partial charge is 0.168 e. The molecule has 0 aromatic carbocycles. The molecule has 0 radical (unpaired) electrons. The monoisotopic (exact) mass is 644 g/mol. The Morgan fingerprint density at radius 2 is 0.733 bits per heavy atom. The van der Waals surface area contributed by atoms with Gasteiger partial charge in [-0.15, -0.1) is 0 Å². The first-order valence-electron chi connectivity index (χ1n) is 20.0. The third-order valence-electron chi connectivity index (χ3n) is 9.60. The molecule has 0 saturated heterocycles. The Kier molecular flexibility index (Phi) is 34.9.